The van der Waals surface area contributed by atoms with Crippen LogP contribution < -0.4 is 0 Å². The average Bonchev–Trinajstić information content (AvgIpc) is 2.34. The topological polar surface area (TPSA) is 39.2 Å². The van der Waals surface area contributed by atoms with Crippen LogP contribution in [0.1, 0.15) is 5.69 Å². The summed E-state index contributed by atoms with van der Waals surface area (Å²) >= 11 is 12.1. The van der Waals surface area contributed by atoms with Crippen molar-refractivity contribution in [1.82, 2.24) is 4.98 Å². The highest BCUT2D eigenvalue weighted by Gasteiger charge is 2.09. The van der Waals surface area contributed by atoms with Crippen LogP contribution in [-0.2, 0) is 16.0 Å². The molecule has 0 saturated carbocycles. The Hall–Kier alpha value is -1.32. The number of aromatic nitrogens is 1. The fourth-order valence-electron chi connectivity index (χ4n) is 1.51. The van der Waals surface area contributed by atoms with Gasteiger partial charge in [-0.1, -0.05) is 23.2 Å². The van der Waals surface area contributed by atoms with Crippen molar-refractivity contribution in [2.45, 2.75) is 6.42 Å². The van der Waals surface area contributed by atoms with E-state index in [9.17, 15) is 4.79 Å². The molecule has 1 aromatic carbocycles. The molecule has 3 nitrogen and oxygen atoms in total. The Balaban J connectivity index is 2.50. The van der Waals surface area contributed by atoms with E-state index in [2.05, 4.69) is 9.72 Å². The molecule has 0 aliphatic carbocycles. The number of benzene rings is 1. The van der Waals surface area contributed by atoms with E-state index in [-0.39, 0.29) is 12.4 Å². The number of methoxy groups -OCH3 is 1. The zero-order valence-electron chi connectivity index (χ0n) is 9.04. The van der Waals surface area contributed by atoms with Crippen LogP contribution in [0.4, 0.5) is 0 Å². The van der Waals surface area contributed by atoms with Crippen molar-refractivity contribution < 1.29 is 9.53 Å². The van der Waals surface area contributed by atoms with E-state index in [1.54, 1.807) is 24.3 Å². The highest BCUT2D eigenvalue weighted by atomic mass is 35.5. The maximum Gasteiger partial charge on any atom is 0.311 e. The van der Waals surface area contributed by atoms with Crippen molar-refractivity contribution in [2.75, 3.05) is 7.11 Å². The summed E-state index contributed by atoms with van der Waals surface area (Å²) in [5.74, 6) is -0.338. The lowest BCUT2D eigenvalue weighted by Crippen LogP contribution is -2.06. The highest BCUT2D eigenvalue weighted by molar-refractivity contribution is 6.39. The molecule has 1 heterocycles. The van der Waals surface area contributed by atoms with E-state index in [4.69, 9.17) is 23.2 Å². The fourth-order valence-corrected chi connectivity index (χ4v) is 1.93. The third-order valence-electron chi connectivity index (χ3n) is 2.37. The Bertz CT molecular complexity index is 584. The quantitative estimate of drug-likeness (QED) is 0.786. The first-order valence-corrected chi connectivity index (χ1v) is 5.68. The van der Waals surface area contributed by atoms with Crippen molar-refractivity contribution in [3.63, 3.8) is 0 Å². The molecular formula is C12H9Cl2NO2. The number of ether oxygens (including phenoxy) is 1. The van der Waals surface area contributed by atoms with Crippen molar-refractivity contribution in [2.24, 2.45) is 0 Å². The second-order valence-electron chi connectivity index (χ2n) is 3.48. The van der Waals surface area contributed by atoms with Crippen LogP contribution in [0.2, 0.25) is 10.0 Å². The number of hydrogen-bond donors (Lipinski definition) is 0. The van der Waals surface area contributed by atoms with Crippen LogP contribution >= 0.6 is 23.2 Å². The molecule has 0 aliphatic rings. The molecule has 0 unspecified atom stereocenters. The third kappa shape index (κ3) is 2.51. The summed E-state index contributed by atoms with van der Waals surface area (Å²) in [6.45, 7) is 0. The zero-order chi connectivity index (χ0) is 12.4. The highest BCUT2D eigenvalue weighted by Crippen LogP contribution is 2.28. The van der Waals surface area contributed by atoms with Crippen LogP contribution in [-0.4, -0.2) is 18.1 Å². The molecular weight excluding hydrogens is 261 g/mol. The predicted octanol–water partition coefficient (Wildman–Crippen LogP) is 3.26. The Morgan fingerprint density at radius 1 is 1.24 bits per heavy atom. The van der Waals surface area contributed by atoms with Crippen LogP contribution in [0.15, 0.2) is 24.3 Å². The van der Waals surface area contributed by atoms with Gasteiger partial charge in [0.25, 0.3) is 0 Å². The summed E-state index contributed by atoms with van der Waals surface area (Å²) in [4.78, 5) is 15.5. The summed E-state index contributed by atoms with van der Waals surface area (Å²) in [6.07, 6.45) is 0.120. The van der Waals surface area contributed by atoms with E-state index in [0.717, 1.165) is 5.39 Å². The number of pyridine rings is 1. The van der Waals surface area contributed by atoms with Gasteiger partial charge in [0.1, 0.15) is 0 Å². The van der Waals surface area contributed by atoms with Crippen molar-refractivity contribution in [3.05, 3.63) is 40.0 Å². The minimum absolute atomic E-state index is 0.120. The standard InChI is InChI=1S/C12H9Cl2NO2/c1-17-11(16)6-7-2-3-8-9(13)4-5-10(14)12(8)15-7/h2-5H,6H2,1H3. The minimum Gasteiger partial charge on any atom is -0.469 e. The summed E-state index contributed by atoms with van der Waals surface area (Å²) in [7, 11) is 1.34. The van der Waals surface area contributed by atoms with Crippen LogP contribution in [0.3, 0.4) is 0 Å². The molecule has 5 heteroatoms. The molecule has 0 fully saturated rings. The zero-order valence-corrected chi connectivity index (χ0v) is 10.5. The van der Waals surface area contributed by atoms with Gasteiger partial charge in [0.05, 0.1) is 34.8 Å². The first kappa shape index (κ1) is 12.1. The Kier molecular flexibility index (Phi) is 3.50. The maximum atomic E-state index is 11.1. The molecule has 0 amide bonds. The van der Waals surface area contributed by atoms with Gasteiger partial charge >= 0.3 is 5.97 Å². The van der Waals surface area contributed by atoms with Crippen LogP contribution in [0.5, 0.6) is 0 Å². The number of carbonyl (C=O) groups excluding carboxylic acids is 1. The van der Waals surface area contributed by atoms with Crippen molar-refractivity contribution in [3.8, 4) is 0 Å². The third-order valence-corrected chi connectivity index (χ3v) is 3.00. The van der Waals surface area contributed by atoms with Gasteiger partial charge in [0.2, 0.25) is 0 Å². The smallest absolute Gasteiger partial charge is 0.311 e. The molecule has 0 saturated heterocycles. The van der Waals surface area contributed by atoms with Gasteiger partial charge in [0.15, 0.2) is 0 Å². The van der Waals surface area contributed by atoms with E-state index in [1.807, 2.05) is 0 Å². The molecule has 88 valence electrons. The number of nitrogens with zero attached hydrogens (tertiary/aromatic N) is 1. The number of carbonyl (C=O) groups is 1. The van der Waals surface area contributed by atoms with E-state index < -0.39 is 0 Å². The minimum atomic E-state index is -0.338. The summed E-state index contributed by atoms with van der Waals surface area (Å²) < 4.78 is 4.58. The second kappa shape index (κ2) is 4.90. The number of hydrogen-bond acceptors (Lipinski definition) is 3. The van der Waals surface area contributed by atoms with Crippen LogP contribution in [0.25, 0.3) is 10.9 Å². The van der Waals surface area contributed by atoms with Gasteiger partial charge in [-0.05, 0) is 24.3 Å². The lowest BCUT2D eigenvalue weighted by atomic mass is 10.2. The summed E-state index contributed by atoms with van der Waals surface area (Å²) in [6, 6.07) is 6.94. The number of rotatable bonds is 2. The van der Waals surface area contributed by atoms with Gasteiger partial charge < -0.3 is 4.74 Å². The predicted molar refractivity (Wildman–Crippen MR) is 67.5 cm³/mol. The van der Waals surface area contributed by atoms with E-state index >= 15 is 0 Å². The first-order chi connectivity index (χ1) is 8.11. The largest absolute Gasteiger partial charge is 0.469 e. The summed E-state index contributed by atoms with van der Waals surface area (Å²) in [5, 5.41) is 1.87. The lowest BCUT2D eigenvalue weighted by molar-refractivity contribution is -0.139. The monoisotopic (exact) mass is 269 g/mol. The van der Waals surface area contributed by atoms with Gasteiger partial charge in [-0.3, -0.25) is 9.78 Å². The normalized spacial score (nSPS) is 10.5. The Labute approximate surface area is 108 Å². The number of esters is 1. The van der Waals surface area contributed by atoms with Crippen molar-refractivity contribution >= 4 is 40.1 Å². The van der Waals surface area contributed by atoms with Gasteiger partial charge in [-0.2, -0.15) is 0 Å². The van der Waals surface area contributed by atoms with Gasteiger partial charge in [-0.25, -0.2) is 0 Å². The van der Waals surface area contributed by atoms with Crippen LogP contribution in [0, 0.1) is 0 Å². The molecule has 0 bridgehead atoms. The molecule has 0 spiro atoms. The van der Waals surface area contributed by atoms with E-state index in [1.165, 1.54) is 7.11 Å². The molecule has 17 heavy (non-hydrogen) atoms. The molecule has 2 rings (SSSR count). The van der Waals surface area contributed by atoms with E-state index in [0.29, 0.717) is 21.3 Å². The molecule has 1 aromatic heterocycles. The lowest BCUT2D eigenvalue weighted by Gasteiger charge is -2.05. The van der Waals surface area contributed by atoms with Gasteiger partial charge in [0, 0.05) is 5.39 Å². The Morgan fingerprint density at radius 3 is 2.65 bits per heavy atom. The Morgan fingerprint density at radius 2 is 1.94 bits per heavy atom. The number of halogens is 2. The maximum absolute atomic E-state index is 11.1. The average molecular weight is 270 g/mol. The second-order valence-corrected chi connectivity index (χ2v) is 4.30. The molecule has 0 aliphatic heterocycles. The molecule has 0 radical (unpaired) electrons. The molecule has 0 N–H and O–H groups in total. The van der Waals surface area contributed by atoms with Crippen molar-refractivity contribution in [1.29, 1.82) is 0 Å². The number of fused-ring (bicyclic) bond motifs is 1. The van der Waals surface area contributed by atoms with Gasteiger partial charge in [-0.15, -0.1) is 0 Å². The molecule has 2 aromatic rings. The summed E-state index contributed by atoms with van der Waals surface area (Å²) in [5.41, 5.74) is 1.20. The first-order valence-electron chi connectivity index (χ1n) is 4.92. The SMILES string of the molecule is COC(=O)Cc1ccc2c(Cl)ccc(Cl)c2n1. The fraction of sp³-hybridized carbons (Fsp3) is 0.167. The molecule has 0 atom stereocenters.